The van der Waals surface area contributed by atoms with Gasteiger partial charge in [-0.1, -0.05) is 64.1 Å². The van der Waals surface area contributed by atoms with Crippen molar-refractivity contribution < 1.29 is 82.1 Å². The summed E-state index contributed by atoms with van der Waals surface area (Å²) in [5.41, 5.74) is 59.8. The molecular weight excluding hydrogens is 1940 g/mol. The molecule has 0 saturated carbocycles. The van der Waals surface area contributed by atoms with E-state index in [4.69, 9.17) is 84.4 Å². The lowest BCUT2D eigenvalue weighted by Crippen LogP contribution is -2.61. The molecule has 812 valence electrons. The summed E-state index contributed by atoms with van der Waals surface area (Å²) in [5.74, 6) is -17.5. The predicted molar refractivity (Wildman–Crippen MR) is 557 cm³/mol. The van der Waals surface area contributed by atoms with Crippen molar-refractivity contribution in [1.82, 2.24) is 106 Å². The minimum Gasteiger partial charge on any atom is -0.508 e. The summed E-state index contributed by atoms with van der Waals surface area (Å²) in [6, 6.07) is -4.22. The van der Waals surface area contributed by atoms with E-state index in [0.717, 1.165) is 21.6 Å². The van der Waals surface area contributed by atoms with Gasteiger partial charge in [0.1, 0.15) is 90.0 Å². The molecule has 0 unspecified atom stereocenters. The molecule has 0 spiro atoms. The number of H-pyrrole nitrogens is 1. The number of phenols is 2. The van der Waals surface area contributed by atoms with Gasteiger partial charge in [0.25, 0.3) is 0 Å². The highest BCUT2D eigenvalue weighted by atomic mass is 33.1. The molecule has 0 aliphatic carbocycles. The van der Waals surface area contributed by atoms with Crippen LogP contribution in [0.15, 0.2) is 79.0 Å². The molecule has 2 aliphatic heterocycles. The van der Waals surface area contributed by atoms with E-state index < -0.39 is 209 Å². The lowest BCUT2D eigenvalue weighted by Gasteiger charge is -2.31. The zero-order chi connectivity index (χ0) is 108. The summed E-state index contributed by atoms with van der Waals surface area (Å²) in [6.45, 7) is 0.730. The van der Waals surface area contributed by atoms with Gasteiger partial charge in [0.2, 0.25) is 88.6 Å². The molecule has 54 heteroatoms. The summed E-state index contributed by atoms with van der Waals surface area (Å²) in [5, 5.41) is 109. The van der Waals surface area contributed by atoms with Gasteiger partial charge in [0.15, 0.2) is 29.8 Å². The molecule has 2 fully saturated rings. The van der Waals surface area contributed by atoms with Crippen LogP contribution in [0.1, 0.15) is 171 Å². The molecule has 2 saturated heterocycles. The van der Waals surface area contributed by atoms with Crippen LogP contribution in [-0.4, -0.2) is 300 Å². The summed E-state index contributed by atoms with van der Waals surface area (Å²) in [6.07, 6.45) is 2.38. The fourth-order valence-electron chi connectivity index (χ4n) is 16.1. The van der Waals surface area contributed by atoms with Crippen molar-refractivity contribution in [3.8, 4) is 11.5 Å². The Morgan fingerprint density at radius 1 is 0.422 bits per heavy atom. The number of hydrogen-bond donors (Lipinski definition) is 36. The van der Waals surface area contributed by atoms with Crippen LogP contribution in [0, 0.1) is 27.0 Å². The van der Waals surface area contributed by atoms with E-state index >= 15 is 57.5 Å². The number of rotatable bonds is 52. The van der Waals surface area contributed by atoms with Gasteiger partial charge < -0.3 is 173 Å². The second kappa shape index (κ2) is 66.0. The summed E-state index contributed by atoms with van der Waals surface area (Å²) in [7, 11) is 1.58. The Hall–Kier alpha value is -14.3. The monoisotopic (exact) mass is 2090 g/mol. The molecule has 15 amide bonds. The molecule has 0 bridgehead atoms. The van der Waals surface area contributed by atoms with Crippen LogP contribution in [-0.2, 0) is 91.2 Å². The Balaban J connectivity index is 1.61. The number of aromatic nitrogens is 1. The number of hydrogen-bond acceptors (Lipinski definition) is 28. The van der Waals surface area contributed by atoms with E-state index in [1.54, 1.807) is 30.5 Å². The largest absolute Gasteiger partial charge is 0.508 e. The van der Waals surface area contributed by atoms with E-state index in [0.29, 0.717) is 47.8 Å². The van der Waals surface area contributed by atoms with Crippen molar-refractivity contribution in [2.24, 2.45) is 57.3 Å². The van der Waals surface area contributed by atoms with Crippen LogP contribution in [0.5, 0.6) is 11.5 Å². The Morgan fingerprint density at radius 3 is 1.34 bits per heavy atom. The first kappa shape index (κ1) is 121. The first-order valence-corrected chi connectivity index (χ1v) is 51.9. The van der Waals surface area contributed by atoms with E-state index in [1.807, 2.05) is 0 Å². The van der Waals surface area contributed by atoms with Gasteiger partial charge in [-0.05, 0) is 214 Å². The Kier molecular flexibility index (Phi) is 54.5. The molecule has 4 aromatic rings. The normalized spacial score (nSPS) is 20.0. The third-order valence-corrected chi connectivity index (χ3v) is 26.5. The molecular formula is C93H151N35O17S2. The fraction of sp³-hybridized carbons (Fsp3) is 0.570. The number of para-hydroxylation sites is 1. The highest BCUT2D eigenvalue weighted by Crippen LogP contribution is 2.27. The number of aromatic hydroxyl groups is 2. The van der Waals surface area contributed by atoms with Crippen molar-refractivity contribution in [1.29, 1.82) is 27.0 Å². The molecule has 6 rings (SSSR count). The first-order chi connectivity index (χ1) is 70.3. The van der Waals surface area contributed by atoms with Gasteiger partial charge >= 0.3 is 0 Å². The number of fused-ring (bicyclic) bond motifs is 2. The zero-order valence-corrected chi connectivity index (χ0v) is 84.4. The van der Waals surface area contributed by atoms with E-state index in [9.17, 15) is 24.6 Å². The van der Waals surface area contributed by atoms with Crippen LogP contribution < -0.4 is 153 Å². The van der Waals surface area contributed by atoms with Crippen LogP contribution in [0.25, 0.3) is 10.9 Å². The fourth-order valence-corrected chi connectivity index (χ4v) is 18.5. The van der Waals surface area contributed by atoms with Crippen LogP contribution in [0.4, 0.5) is 0 Å². The number of unbranched alkanes of at least 4 members (excludes halogenated alkanes) is 4. The van der Waals surface area contributed by atoms with Crippen LogP contribution in [0.2, 0.25) is 0 Å². The molecule has 1 aromatic heterocycles. The number of carbonyl (C=O) groups is 15. The minimum atomic E-state index is -1.88. The average molecular weight is 2100 g/mol. The number of nitrogens with one attached hydrogen (secondary N) is 24. The number of aromatic amines is 1. The van der Waals surface area contributed by atoms with Gasteiger partial charge in [-0.25, -0.2) is 0 Å². The summed E-state index contributed by atoms with van der Waals surface area (Å²) in [4.78, 5) is 231. The second-order valence-electron chi connectivity index (χ2n) is 35.9. The van der Waals surface area contributed by atoms with Gasteiger partial charge in [0.05, 0.1) is 6.04 Å². The number of nitrogens with zero attached hydrogens (tertiary/aromatic N) is 1. The topological polar surface area (TPSA) is 912 Å². The van der Waals surface area contributed by atoms with E-state index in [-0.39, 0.29) is 236 Å². The van der Waals surface area contributed by atoms with E-state index in [2.05, 4.69) is 101 Å². The SMILES string of the molecule is N=C(N)NCCC[C@H](NC(=O)[C@@H]1CSSC[C@H](NC(=O)[C@H](Cc2c[nH]c3ccccc23)NC(=O)[C@H](CCCNC(=N)N)NC(=O)[C@@H](N)CCCNC(=N)N)C(=O)N[C@@H](Cc2ccc(O)cc2)C(=O)N[C@@H](CCCNC(=N)N)C(=O)N[C@@H](CCCCN)C(=O)N[C@@H](CCCCNC(=O)CCCCN)C(=O)N2CCC[C@H]2C(=O)N[C@@H](Cc2ccc(O)cc2)C(=O)N[C@@H](CCCNC(=N)N)C(=O)N[C@@H](CCCCN)C(=O)N1)C(N)=O. The van der Waals surface area contributed by atoms with Crippen molar-refractivity contribution in [2.45, 2.75) is 258 Å². The Bertz CT molecular complexity index is 5030. The molecule has 3 heterocycles. The average Bonchev–Trinajstić information content (AvgIpc) is 1.77. The Morgan fingerprint density at radius 2 is 0.837 bits per heavy atom. The predicted octanol–water partition coefficient (Wildman–Crippen LogP) is -6.39. The summed E-state index contributed by atoms with van der Waals surface area (Å²) < 4.78 is 0. The highest BCUT2D eigenvalue weighted by molar-refractivity contribution is 8.76. The number of amides is 15. The molecule has 52 nitrogen and oxygen atoms in total. The third kappa shape index (κ3) is 45.5. The maximum atomic E-state index is 16.1. The number of nitrogens with two attached hydrogens (primary N) is 10. The van der Waals surface area contributed by atoms with Crippen molar-refractivity contribution in [3.05, 3.63) is 95.7 Å². The van der Waals surface area contributed by atoms with Crippen molar-refractivity contribution >= 4 is 151 Å². The standard InChI is InChI=1S/C93H151N35O17S2/c94-37-7-3-20-62-79(136)122-67(22-6-10-40-109-74(131)28-5-9-39-96)88(145)128-46-16-27-73(128)87(144)125-69(48-54-31-35-57(130)36-32-54)83(140)121-66(26-15-45-114-93(107)108)78(135)119-63(21-4-8-38-95)81(138)126-71(85(142)116-61(75(98)132)23-12-42-111-90(101)102)51-146-147-52-72(86(143)123-68(47-53-29-33-56(129)34-30-53)82(139)120-65(77(134)118-62)25-14-44-113-92(105)106)127-84(141)70(49-55-50-115-60-19-2-1-17-58(55)60)124-80(137)64(24-13-43-112-91(103)104)117-76(133)59(97)18-11-41-110-89(99)100/h1-2,17,19,29-36,50,59,61-73,115,129-130H,3-16,18,20-28,37-49,51-52,94-97H2,(H2,98,132)(H,109,131)(H,116,142)(H,117,133)(H,118,134)(H,119,135)(H,120,139)(H,121,140)(H,122,136)(H,123,143)(H,124,137)(H,125,144)(H,126,138)(H,127,141)(H4,99,100,110)(H4,101,102,111)(H4,103,104,112)(H4,105,106,113)(H4,107,108,114)/t59-,61-,62-,63-,64-,65-,66-,67-,68-,69-,70-,71-,72-,73-/m0/s1. The Labute approximate surface area is 860 Å². The number of phenolic OH excluding ortho intramolecular Hbond substituents is 2. The zero-order valence-electron chi connectivity index (χ0n) is 82.7. The van der Waals surface area contributed by atoms with Gasteiger partial charge in [0, 0.05) is 100 Å². The number of primary amides is 1. The number of benzene rings is 3. The maximum absolute atomic E-state index is 16.1. The maximum Gasteiger partial charge on any atom is 0.245 e. The smallest absolute Gasteiger partial charge is 0.245 e. The summed E-state index contributed by atoms with van der Waals surface area (Å²) >= 11 is 0. The van der Waals surface area contributed by atoms with Crippen LogP contribution >= 0.6 is 21.6 Å². The van der Waals surface area contributed by atoms with Crippen molar-refractivity contribution in [2.75, 3.05) is 77.0 Å². The van der Waals surface area contributed by atoms with Gasteiger partial charge in [-0.3, -0.25) is 99.0 Å². The third-order valence-electron chi connectivity index (χ3n) is 24.1. The first-order valence-electron chi connectivity index (χ1n) is 49.4. The van der Waals surface area contributed by atoms with Gasteiger partial charge in [-0.15, -0.1) is 0 Å². The highest BCUT2D eigenvalue weighted by Gasteiger charge is 2.43. The quantitative estimate of drug-likeness (QED) is 0.00846. The number of carbonyl (C=O) groups excluding carboxylic acids is 15. The molecule has 46 N–H and O–H groups in total. The molecule has 14 atom stereocenters. The van der Waals surface area contributed by atoms with Crippen LogP contribution in [0.3, 0.4) is 0 Å². The van der Waals surface area contributed by atoms with Gasteiger partial charge in [-0.2, -0.15) is 0 Å². The lowest BCUT2D eigenvalue weighted by atomic mass is 10.0. The van der Waals surface area contributed by atoms with E-state index in [1.165, 1.54) is 53.4 Å². The molecule has 147 heavy (non-hydrogen) atoms. The molecule has 0 radical (unpaired) electrons. The second-order valence-corrected chi connectivity index (χ2v) is 38.4. The molecule has 2 aliphatic rings. The minimum absolute atomic E-state index is 0.00131. The molecule has 3 aromatic carbocycles. The number of guanidine groups is 5. The lowest BCUT2D eigenvalue weighted by molar-refractivity contribution is -0.143. The van der Waals surface area contributed by atoms with Crippen molar-refractivity contribution in [3.63, 3.8) is 0 Å².